The maximum absolute atomic E-state index is 12.1. The van der Waals surface area contributed by atoms with Gasteiger partial charge in [-0.05, 0) is 89.9 Å². The van der Waals surface area contributed by atoms with E-state index in [9.17, 15) is 24.2 Å². The highest BCUT2D eigenvalue weighted by molar-refractivity contribution is 7.47. The summed E-state index contributed by atoms with van der Waals surface area (Å²) < 4.78 is 26.9. The molecule has 1 amide bonds. The number of unbranched alkanes of at least 4 members (excludes halogenated alkanes) is 14. The fourth-order valence-electron chi connectivity index (χ4n) is 5.95. The van der Waals surface area contributed by atoms with E-state index in [4.69, 9.17) is 13.8 Å². The molecule has 0 saturated heterocycles. The van der Waals surface area contributed by atoms with E-state index in [0.717, 1.165) is 83.5 Å². The van der Waals surface area contributed by atoms with Crippen LogP contribution in [0.2, 0.25) is 0 Å². The topological polar surface area (TPSA) is 131 Å². The predicted octanol–water partition coefficient (Wildman–Crippen LogP) is 13.8. The van der Waals surface area contributed by atoms with Gasteiger partial charge in [-0.2, -0.15) is 0 Å². The first-order valence-corrected chi connectivity index (χ1v) is 25.2. The van der Waals surface area contributed by atoms with Gasteiger partial charge >= 0.3 is 13.8 Å². The maximum Gasteiger partial charge on any atom is 0.472 e. The number of carbonyl (C=O) groups is 2. The Morgan fingerprint density at radius 1 is 0.525 bits per heavy atom. The van der Waals surface area contributed by atoms with Gasteiger partial charge in [-0.15, -0.1) is 0 Å². The second-order valence-electron chi connectivity index (χ2n) is 15.3. The van der Waals surface area contributed by atoms with E-state index in [2.05, 4.69) is 116 Å². The summed E-state index contributed by atoms with van der Waals surface area (Å²) in [5, 5.41) is 12.7. The maximum atomic E-state index is 12.1. The number of allylic oxidation sites excluding steroid dienone is 16. The lowest BCUT2D eigenvalue weighted by Gasteiger charge is -2.15. The van der Waals surface area contributed by atoms with Crippen molar-refractivity contribution in [3.8, 4) is 0 Å². The number of hydrogen-bond acceptors (Lipinski definition) is 7. The fourth-order valence-corrected chi connectivity index (χ4v) is 6.71. The van der Waals surface area contributed by atoms with Crippen LogP contribution in [0.1, 0.15) is 181 Å². The highest BCUT2D eigenvalue weighted by atomic mass is 31.2. The molecule has 2 atom stereocenters. The van der Waals surface area contributed by atoms with Crippen molar-refractivity contribution >= 4 is 19.7 Å². The summed E-state index contributed by atoms with van der Waals surface area (Å²) >= 11 is 0. The average Bonchev–Trinajstić information content (AvgIpc) is 3.25. The second kappa shape index (κ2) is 46.4. The molecular weight excluding hydrogens is 786 g/mol. The first-order chi connectivity index (χ1) is 29.8. The highest BCUT2D eigenvalue weighted by Crippen LogP contribution is 2.42. The molecule has 0 bridgehead atoms. The van der Waals surface area contributed by atoms with Crippen LogP contribution in [0.5, 0.6) is 0 Å². The number of nitrogens with one attached hydrogen (secondary N) is 1. The molecule has 10 heteroatoms. The molecule has 0 rings (SSSR count). The normalized spacial score (nSPS) is 14.1. The lowest BCUT2D eigenvalue weighted by Crippen LogP contribution is -2.27. The van der Waals surface area contributed by atoms with Crippen LogP contribution in [0.3, 0.4) is 0 Å². The van der Waals surface area contributed by atoms with Crippen LogP contribution in [0, 0.1) is 0 Å². The number of amides is 1. The fraction of sp³-hybridized carbons (Fsp3) is 0.647. The van der Waals surface area contributed by atoms with Gasteiger partial charge in [0.1, 0.15) is 12.7 Å². The van der Waals surface area contributed by atoms with Crippen LogP contribution in [0.25, 0.3) is 0 Å². The van der Waals surface area contributed by atoms with Gasteiger partial charge in [0, 0.05) is 19.4 Å². The highest BCUT2D eigenvalue weighted by Gasteiger charge is 2.23. The van der Waals surface area contributed by atoms with Gasteiger partial charge in [-0.25, -0.2) is 4.57 Å². The predicted molar refractivity (Wildman–Crippen MR) is 256 cm³/mol. The van der Waals surface area contributed by atoms with E-state index in [0.29, 0.717) is 12.8 Å². The first kappa shape index (κ1) is 57.9. The minimum Gasteiger partial charge on any atom is -0.463 e. The zero-order chi connectivity index (χ0) is 44.6. The monoisotopic (exact) mass is 872 g/mol. The molecular formula is C51H86NO8P. The smallest absolute Gasteiger partial charge is 0.463 e. The molecule has 0 saturated carbocycles. The number of esters is 1. The Bertz CT molecular complexity index is 1320. The number of aliphatic hydroxyl groups is 1. The number of carbonyl (C=O) groups excluding carboxylic acids is 2. The van der Waals surface area contributed by atoms with Crippen LogP contribution in [-0.4, -0.2) is 54.3 Å². The van der Waals surface area contributed by atoms with Crippen LogP contribution in [-0.2, 0) is 27.9 Å². The number of rotatable bonds is 43. The molecule has 0 aliphatic rings. The van der Waals surface area contributed by atoms with E-state index in [-0.39, 0.29) is 32.1 Å². The molecule has 0 radical (unpaired) electrons. The third kappa shape index (κ3) is 47.8. The van der Waals surface area contributed by atoms with Crippen molar-refractivity contribution in [3.63, 3.8) is 0 Å². The third-order valence-corrected chi connectivity index (χ3v) is 10.5. The minimum atomic E-state index is -4.44. The van der Waals surface area contributed by atoms with Crippen LogP contribution >= 0.6 is 7.82 Å². The summed E-state index contributed by atoms with van der Waals surface area (Å²) in [6.45, 7) is 3.33. The molecule has 61 heavy (non-hydrogen) atoms. The van der Waals surface area contributed by atoms with E-state index in [1.165, 1.54) is 64.2 Å². The zero-order valence-corrected chi connectivity index (χ0v) is 39.2. The lowest BCUT2D eigenvalue weighted by atomic mass is 10.1. The Hall–Kier alpha value is -3.07. The largest absolute Gasteiger partial charge is 0.472 e. The molecule has 0 spiro atoms. The summed E-state index contributed by atoms with van der Waals surface area (Å²) in [5.41, 5.74) is 0. The van der Waals surface area contributed by atoms with Crippen molar-refractivity contribution in [1.82, 2.24) is 5.32 Å². The molecule has 3 N–H and O–H groups in total. The quantitative estimate of drug-likeness (QED) is 0.0239. The summed E-state index contributed by atoms with van der Waals surface area (Å²) in [6.07, 6.45) is 60.6. The average molecular weight is 872 g/mol. The summed E-state index contributed by atoms with van der Waals surface area (Å²) in [7, 11) is -4.44. The standard InChI is InChI=1S/C51H86NO8P/c1-3-5-7-9-11-13-15-17-19-21-22-23-24-25-26-28-30-32-34-36-38-40-42-44-51(55)58-47-49(53)48-60-61(56,57)59-46-45-52-50(54)43-41-39-37-35-33-31-29-27-20-18-16-14-12-10-8-6-4-2/h6,8,11-14,17-20,22-23,29,31,35,37,49,53H,3-5,7,9-10,15-16,21,24-28,30,32-34,36,38-48H2,1-2H3,(H,52,54)(H,56,57)/b8-6-,13-11-,14-12-,19-17-,20-18-,23-22-,31-29-,37-35-. The van der Waals surface area contributed by atoms with Gasteiger partial charge in [0.25, 0.3) is 0 Å². The van der Waals surface area contributed by atoms with Crippen molar-refractivity contribution in [2.45, 2.75) is 187 Å². The first-order valence-electron chi connectivity index (χ1n) is 23.7. The molecule has 0 heterocycles. The summed E-state index contributed by atoms with van der Waals surface area (Å²) in [5.74, 6) is -0.586. The summed E-state index contributed by atoms with van der Waals surface area (Å²) in [6, 6.07) is 0. The molecule has 9 nitrogen and oxygen atoms in total. The molecule has 0 aliphatic heterocycles. The van der Waals surface area contributed by atoms with Crippen molar-refractivity contribution in [2.24, 2.45) is 0 Å². The van der Waals surface area contributed by atoms with Gasteiger partial charge in [0.15, 0.2) is 0 Å². The van der Waals surface area contributed by atoms with Crippen LogP contribution < -0.4 is 5.32 Å². The Labute approximate surface area is 372 Å². The van der Waals surface area contributed by atoms with Crippen molar-refractivity contribution < 1.29 is 37.9 Å². The molecule has 0 aliphatic carbocycles. The molecule has 0 fully saturated rings. The molecule has 0 aromatic carbocycles. The van der Waals surface area contributed by atoms with E-state index >= 15 is 0 Å². The molecule has 2 unspecified atom stereocenters. The van der Waals surface area contributed by atoms with Crippen molar-refractivity contribution in [2.75, 3.05) is 26.4 Å². The zero-order valence-electron chi connectivity index (χ0n) is 38.3. The van der Waals surface area contributed by atoms with Gasteiger partial charge < -0.3 is 20.1 Å². The Balaban J connectivity index is 3.66. The third-order valence-electron chi connectivity index (χ3n) is 9.50. The van der Waals surface area contributed by atoms with E-state index in [1.54, 1.807) is 0 Å². The number of ether oxygens (including phenoxy) is 1. The van der Waals surface area contributed by atoms with Gasteiger partial charge in [0.05, 0.1) is 13.2 Å². The number of hydrogen-bond donors (Lipinski definition) is 3. The summed E-state index contributed by atoms with van der Waals surface area (Å²) in [4.78, 5) is 34.0. The van der Waals surface area contributed by atoms with Crippen molar-refractivity contribution in [1.29, 1.82) is 0 Å². The molecule has 0 aromatic heterocycles. The molecule has 348 valence electrons. The van der Waals surface area contributed by atoms with Crippen molar-refractivity contribution in [3.05, 3.63) is 97.2 Å². The number of phosphoric ester groups is 1. The molecule has 0 aromatic rings. The Kier molecular flexibility index (Phi) is 44.1. The van der Waals surface area contributed by atoms with E-state index < -0.39 is 26.5 Å². The minimum absolute atomic E-state index is 0.0454. The van der Waals surface area contributed by atoms with Gasteiger partial charge in [-0.3, -0.25) is 18.6 Å². The van der Waals surface area contributed by atoms with Crippen LogP contribution in [0.4, 0.5) is 0 Å². The number of phosphoric acid groups is 1. The van der Waals surface area contributed by atoms with Gasteiger partial charge in [0.2, 0.25) is 5.91 Å². The Morgan fingerprint density at radius 2 is 0.951 bits per heavy atom. The van der Waals surface area contributed by atoms with Crippen LogP contribution in [0.15, 0.2) is 97.2 Å². The lowest BCUT2D eigenvalue weighted by molar-refractivity contribution is -0.147. The second-order valence-corrected chi connectivity index (χ2v) is 16.8. The SMILES string of the molecule is CC/C=C\C/C=C\C/C=C\C/C=C\C/C=C\CCCC(=O)NCCOP(=O)(O)OCC(O)COC(=O)CCCCCCCCCCCC/C=C\C/C=C\C/C=C\CCCCC. The van der Waals surface area contributed by atoms with Gasteiger partial charge in [-0.1, -0.05) is 175 Å². The Morgan fingerprint density at radius 3 is 1.44 bits per heavy atom. The number of aliphatic hydroxyl groups excluding tert-OH is 1. The van der Waals surface area contributed by atoms with E-state index in [1.807, 2.05) is 0 Å².